The van der Waals surface area contributed by atoms with Crippen LogP contribution in [0, 0.1) is 24.2 Å². The van der Waals surface area contributed by atoms with Crippen molar-refractivity contribution in [2.75, 3.05) is 37.6 Å². The Morgan fingerprint density at radius 3 is 2.61 bits per heavy atom. The van der Waals surface area contributed by atoms with Crippen molar-refractivity contribution < 1.29 is 4.79 Å². The van der Waals surface area contributed by atoms with Gasteiger partial charge in [-0.25, -0.2) is 0 Å². The van der Waals surface area contributed by atoms with Gasteiger partial charge < -0.3 is 10.2 Å². The molecule has 1 amide bonds. The van der Waals surface area contributed by atoms with Crippen LogP contribution in [-0.4, -0.2) is 49.6 Å². The molecule has 1 aromatic rings. The number of hydrogen-bond donors (Lipinski definition) is 1. The van der Waals surface area contributed by atoms with Crippen molar-refractivity contribution in [1.82, 2.24) is 10.2 Å². The normalized spacial score (nSPS) is 23.2. The number of halogens is 1. The average molecular weight is 403 g/mol. The summed E-state index contributed by atoms with van der Waals surface area (Å²) in [7, 11) is 0. The molecule has 2 aliphatic rings. The lowest BCUT2D eigenvalue weighted by Crippen LogP contribution is -2.47. The van der Waals surface area contributed by atoms with Crippen molar-refractivity contribution in [1.29, 1.82) is 5.26 Å². The minimum absolute atomic E-state index is 0.0272. The first-order chi connectivity index (χ1) is 13.5. The van der Waals surface area contributed by atoms with E-state index in [9.17, 15) is 4.79 Å². The van der Waals surface area contributed by atoms with E-state index < -0.39 is 0 Å². The maximum absolute atomic E-state index is 11.5. The van der Waals surface area contributed by atoms with E-state index in [-0.39, 0.29) is 18.4 Å². The molecule has 0 atom stereocenters. The van der Waals surface area contributed by atoms with Crippen LogP contribution in [-0.2, 0) is 4.79 Å². The van der Waals surface area contributed by atoms with Gasteiger partial charge >= 0.3 is 0 Å². The second-order valence-electron chi connectivity index (χ2n) is 8.17. The number of nitriles is 1. The summed E-state index contributed by atoms with van der Waals surface area (Å²) in [5.74, 6) is 0.635. The van der Waals surface area contributed by atoms with Gasteiger partial charge in [0, 0.05) is 42.9 Å². The third kappa shape index (κ3) is 5.86. The number of rotatable bonds is 6. The lowest BCUT2D eigenvalue weighted by atomic mass is 9.84. The van der Waals surface area contributed by atoms with E-state index >= 15 is 0 Å². The molecule has 1 aliphatic heterocycles. The summed E-state index contributed by atoms with van der Waals surface area (Å²) in [6, 6.07) is 8.32. The number of carbonyl (C=O) groups is 1. The van der Waals surface area contributed by atoms with E-state index in [2.05, 4.69) is 34.2 Å². The number of benzene rings is 1. The number of carbonyl (C=O) groups excluding carboxylic acids is 1. The lowest BCUT2D eigenvalue weighted by Gasteiger charge is -2.38. The molecule has 0 spiro atoms. The van der Waals surface area contributed by atoms with Crippen molar-refractivity contribution in [2.24, 2.45) is 5.92 Å². The summed E-state index contributed by atoms with van der Waals surface area (Å²) < 4.78 is 0. The highest BCUT2D eigenvalue weighted by Gasteiger charge is 2.24. The third-order valence-electron chi connectivity index (χ3n) is 6.19. The van der Waals surface area contributed by atoms with E-state index in [0.717, 1.165) is 50.0 Å². The zero-order valence-electron chi connectivity index (χ0n) is 16.8. The fourth-order valence-corrected chi connectivity index (χ4v) is 4.61. The Balaban J connectivity index is 1.36. The number of hydrogen-bond acceptors (Lipinski definition) is 4. The highest BCUT2D eigenvalue weighted by Crippen LogP contribution is 2.28. The molecule has 3 rings (SSSR count). The summed E-state index contributed by atoms with van der Waals surface area (Å²) in [6.07, 6.45) is 5.67. The molecular formula is C22H31ClN4O. The van der Waals surface area contributed by atoms with E-state index in [1.165, 1.54) is 37.1 Å². The molecule has 152 valence electrons. The van der Waals surface area contributed by atoms with Crippen LogP contribution < -0.4 is 10.2 Å². The quantitative estimate of drug-likeness (QED) is 0.787. The van der Waals surface area contributed by atoms with Crippen LogP contribution in [0.25, 0.3) is 0 Å². The Kier molecular flexibility index (Phi) is 7.58. The van der Waals surface area contributed by atoms with Crippen molar-refractivity contribution in [3.8, 4) is 6.07 Å². The maximum Gasteiger partial charge on any atom is 0.234 e. The second-order valence-corrected chi connectivity index (χ2v) is 8.60. The Hall–Kier alpha value is -1.77. The van der Waals surface area contributed by atoms with Crippen molar-refractivity contribution in [3.63, 3.8) is 0 Å². The van der Waals surface area contributed by atoms with Gasteiger partial charge in [-0.1, -0.05) is 17.7 Å². The van der Waals surface area contributed by atoms with Gasteiger partial charge in [-0.15, -0.1) is 0 Å². The number of nitrogens with zero attached hydrogens (tertiary/aromatic N) is 3. The van der Waals surface area contributed by atoms with Crippen molar-refractivity contribution >= 4 is 23.2 Å². The predicted octanol–water partition coefficient (Wildman–Crippen LogP) is 3.75. The van der Waals surface area contributed by atoms with Gasteiger partial charge in [0.15, 0.2) is 0 Å². The standard InChI is InChI=1S/C22H31ClN4O/c1-17-2-5-19(23)16-21(17)27-14-12-26(13-15-27)11-9-18-3-6-20(7-4-18)25-22(28)8-10-24/h2,5,16,18,20H,3-4,6-9,11-15H2,1H3,(H,25,28)/t18-,20-. The summed E-state index contributed by atoms with van der Waals surface area (Å²) >= 11 is 6.18. The van der Waals surface area contributed by atoms with Crippen LogP contribution >= 0.6 is 11.6 Å². The molecule has 1 saturated carbocycles. The molecule has 1 aromatic carbocycles. The second kappa shape index (κ2) is 10.1. The highest BCUT2D eigenvalue weighted by molar-refractivity contribution is 6.30. The summed E-state index contributed by atoms with van der Waals surface area (Å²) in [6.45, 7) is 7.63. The summed E-state index contributed by atoms with van der Waals surface area (Å²) in [5.41, 5.74) is 2.56. The average Bonchev–Trinajstić information content (AvgIpc) is 2.70. The Morgan fingerprint density at radius 2 is 1.93 bits per heavy atom. The molecule has 2 fully saturated rings. The molecule has 0 radical (unpaired) electrons. The molecule has 0 unspecified atom stereocenters. The SMILES string of the molecule is Cc1ccc(Cl)cc1N1CCN(CC[C@H]2CC[C@H](NC(=O)CC#N)CC2)CC1. The monoisotopic (exact) mass is 402 g/mol. The van der Waals surface area contributed by atoms with Gasteiger partial charge in [0.2, 0.25) is 5.91 Å². The van der Waals surface area contributed by atoms with Crippen LogP contribution in [0.4, 0.5) is 5.69 Å². The molecule has 0 bridgehead atoms. The molecule has 6 heteroatoms. The van der Waals surface area contributed by atoms with E-state index in [1.54, 1.807) is 0 Å². The van der Waals surface area contributed by atoms with Gasteiger partial charge in [-0.05, 0) is 69.2 Å². The van der Waals surface area contributed by atoms with Crippen LogP contribution in [0.2, 0.25) is 5.02 Å². The maximum atomic E-state index is 11.5. The van der Waals surface area contributed by atoms with Crippen molar-refractivity contribution in [2.45, 2.75) is 51.5 Å². The van der Waals surface area contributed by atoms with Gasteiger partial charge in [-0.3, -0.25) is 9.69 Å². The highest BCUT2D eigenvalue weighted by atomic mass is 35.5. The van der Waals surface area contributed by atoms with Gasteiger partial charge in [-0.2, -0.15) is 5.26 Å². The molecule has 1 N–H and O–H groups in total. The minimum Gasteiger partial charge on any atom is -0.369 e. The number of anilines is 1. The molecule has 28 heavy (non-hydrogen) atoms. The van der Waals surface area contributed by atoms with Crippen LogP contribution in [0.3, 0.4) is 0 Å². The number of piperazine rings is 1. The lowest BCUT2D eigenvalue weighted by molar-refractivity contribution is -0.121. The molecule has 5 nitrogen and oxygen atoms in total. The van der Waals surface area contributed by atoms with Gasteiger partial charge in [0.25, 0.3) is 0 Å². The fraction of sp³-hybridized carbons (Fsp3) is 0.636. The first kappa shape index (κ1) is 21.0. The molecule has 1 heterocycles. The van der Waals surface area contributed by atoms with Gasteiger partial charge in [0.05, 0.1) is 6.07 Å². The van der Waals surface area contributed by atoms with E-state index in [4.69, 9.17) is 16.9 Å². The number of aryl methyl sites for hydroxylation is 1. The summed E-state index contributed by atoms with van der Waals surface area (Å²) in [5, 5.41) is 12.4. The molecule has 0 aromatic heterocycles. The Labute approximate surface area is 173 Å². The van der Waals surface area contributed by atoms with Gasteiger partial charge in [0.1, 0.15) is 6.42 Å². The van der Waals surface area contributed by atoms with Crippen LogP contribution in [0.5, 0.6) is 0 Å². The first-order valence-electron chi connectivity index (χ1n) is 10.4. The smallest absolute Gasteiger partial charge is 0.234 e. The third-order valence-corrected chi connectivity index (χ3v) is 6.42. The zero-order chi connectivity index (χ0) is 19.9. The predicted molar refractivity (Wildman–Crippen MR) is 114 cm³/mol. The Morgan fingerprint density at radius 1 is 1.21 bits per heavy atom. The van der Waals surface area contributed by atoms with Crippen LogP contribution in [0.15, 0.2) is 18.2 Å². The number of nitrogens with one attached hydrogen (secondary N) is 1. The van der Waals surface area contributed by atoms with Crippen LogP contribution in [0.1, 0.15) is 44.1 Å². The van der Waals surface area contributed by atoms with E-state index in [0.29, 0.717) is 0 Å². The first-order valence-corrected chi connectivity index (χ1v) is 10.8. The van der Waals surface area contributed by atoms with E-state index in [1.807, 2.05) is 12.1 Å². The number of amides is 1. The topological polar surface area (TPSA) is 59.4 Å². The summed E-state index contributed by atoms with van der Waals surface area (Å²) in [4.78, 5) is 16.6. The zero-order valence-corrected chi connectivity index (χ0v) is 17.5. The largest absolute Gasteiger partial charge is 0.369 e. The molecular weight excluding hydrogens is 372 g/mol. The Bertz CT molecular complexity index is 701. The molecule has 1 saturated heterocycles. The fourth-order valence-electron chi connectivity index (χ4n) is 4.45. The minimum atomic E-state index is -0.126. The molecule has 1 aliphatic carbocycles. The van der Waals surface area contributed by atoms with Crippen molar-refractivity contribution in [3.05, 3.63) is 28.8 Å².